The Bertz CT molecular complexity index is 905. The first kappa shape index (κ1) is 19.2. The molecule has 1 heterocycles. The average molecular weight is 386 g/mol. The van der Waals surface area contributed by atoms with Crippen molar-refractivity contribution in [3.63, 3.8) is 0 Å². The van der Waals surface area contributed by atoms with Crippen LogP contribution in [0.5, 0.6) is 5.75 Å². The minimum absolute atomic E-state index is 0.0560. The molecule has 1 amide bonds. The Hall–Kier alpha value is -3.11. The van der Waals surface area contributed by atoms with Crippen LogP contribution in [0.25, 0.3) is 0 Å². The number of nitrogens with zero attached hydrogens (tertiary/aromatic N) is 2. The number of anilines is 2. The summed E-state index contributed by atoms with van der Waals surface area (Å²) in [6.45, 7) is 4.00. The fourth-order valence-corrected chi connectivity index (χ4v) is 3.66. The van der Waals surface area contributed by atoms with Gasteiger partial charge < -0.3 is 4.74 Å². The molecular formula is C25H26N2O2. The minimum Gasteiger partial charge on any atom is -0.492 e. The van der Waals surface area contributed by atoms with Crippen molar-refractivity contribution in [3.8, 4) is 5.75 Å². The summed E-state index contributed by atoms with van der Waals surface area (Å²) in [6, 6.07) is 26.8. The monoisotopic (exact) mass is 386 g/mol. The second kappa shape index (κ2) is 9.39. The summed E-state index contributed by atoms with van der Waals surface area (Å²) in [6.07, 6.45) is 2.58. The van der Waals surface area contributed by atoms with Gasteiger partial charge in [0.25, 0.3) is 5.91 Å². The summed E-state index contributed by atoms with van der Waals surface area (Å²) in [5, 5.41) is 0. The molecule has 4 nitrogen and oxygen atoms in total. The molecule has 0 bridgehead atoms. The van der Waals surface area contributed by atoms with Crippen LogP contribution in [0.2, 0.25) is 0 Å². The Balaban J connectivity index is 1.50. The highest BCUT2D eigenvalue weighted by atomic mass is 16.5. The Morgan fingerprint density at radius 1 is 0.793 bits per heavy atom. The lowest BCUT2D eigenvalue weighted by Gasteiger charge is -2.23. The molecule has 0 N–H and O–H groups in total. The van der Waals surface area contributed by atoms with Gasteiger partial charge in [-0.05, 0) is 74.5 Å². The van der Waals surface area contributed by atoms with E-state index in [4.69, 9.17) is 4.74 Å². The molecule has 29 heavy (non-hydrogen) atoms. The van der Waals surface area contributed by atoms with E-state index in [1.54, 1.807) is 4.90 Å². The van der Waals surface area contributed by atoms with Gasteiger partial charge in [0.15, 0.2) is 0 Å². The van der Waals surface area contributed by atoms with Crippen molar-refractivity contribution in [1.82, 2.24) is 4.90 Å². The lowest BCUT2D eigenvalue weighted by atomic mass is 10.1. The third kappa shape index (κ3) is 4.84. The van der Waals surface area contributed by atoms with E-state index in [1.165, 1.54) is 25.9 Å². The van der Waals surface area contributed by atoms with Crippen molar-refractivity contribution in [1.29, 1.82) is 0 Å². The van der Waals surface area contributed by atoms with E-state index < -0.39 is 0 Å². The van der Waals surface area contributed by atoms with Crippen LogP contribution >= 0.6 is 0 Å². The molecule has 0 unspecified atom stereocenters. The maximum absolute atomic E-state index is 13.2. The fraction of sp³-hybridized carbons (Fsp3) is 0.240. The second-order valence-electron chi connectivity index (χ2n) is 7.23. The van der Waals surface area contributed by atoms with Crippen LogP contribution in [0.15, 0.2) is 84.9 Å². The first-order valence-corrected chi connectivity index (χ1v) is 10.2. The van der Waals surface area contributed by atoms with Crippen molar-refractivity contribution < 1.29 is 9.53 Å². The van der Waals surface area contributed by atoms with E-state index in [0.717, 1.165) is 23.7 Å². The average Bonchev–Trinajstić information content (AvgIpc) is 3.30. The van der Waals surface area contributed by atoms with Gasteiger partial charge in [0.1, 0.15) is 12.4 Å². The third-order valence-electron chi connectivity index (χ3n) is 5.21. The third-order valence-corrected chi connectivity index (χ3v) is 5.21. The van der Waals surface area contributed by atoms with E-state index in [0.29, 0.717) is 12.2 Å². The van der Waals surface area contributed by atoms with Crippen LogP contribution in [-0.2, 0) is 0 Å². The Morgan fingerprint density at radius 3 is 2.03 bits per heavy atom. The zero-order valence-corrected chi connectivity index (χ0v) is 16.5. The standard InChI is InChI=1S/C25H26N2O2/c28-25(21-9-3-1-4-10-21)27(22-11-5-2-6-12-22)23-13-15-24(16-14-23)29-20-19-26-17-7-8-18-26/h1-6,9-16H,7-8,17-20H2. The van der Waals surface area contributed by atoms with Crippen LogP contribution in [0.3, 0.4) is 0 Å². The van der Waals surface area contributed by atoms with Crippen LogP contribution in [0.4, 0.5) is 11.4 Å². The van der Waals surface area contributed by atoms with Crippen LogP contribution < -0.4 is 9.64 Å². The molecule has 1 saturated heterocycles. The highest BCUT2D eigenvalue weighted by Gasteiger charge is 2.19. The number of hydrogen-bond acceptors (Lipinski definition) is 3. The predicted octanol–water partition coefficient (Wildman–Crippen LogP) is 5.14. The number of ether oxygens (including phenoxy) is 1. The zero-order valence-electron chi connectivity index (χ0n) is 16.5. The van der Waals surface area contributed by atoms with Gasteiger partial charge in [-0.25, -0.2) is 0 Å². The van der Waals surface area contributed by atoms with Crippen molar-refractivity contribution in [2.24, 2.45) is 0 Å². The molecule has 0 aliphatic carbocycles. The highest BCUT2D eigenvalue weighted by Crippen LogP contribution is 2.29. The Kier molecular flexibility index (Phi) is 6.22. The van der Waals surface area contributed by atoms with E-state index in [-0.39, 0.29) is 5.91 Å². The summed E-state index contributed by atoms with van der Waals surface area (Å²) < 4.78 is 5.91. The minimum atomic E-state index is -0.0560. The maximum Gasteiger partial charge on any atom is 0.262 e. The molecule has 4 heteroatoms. The molecular weight excluding hydrogens is 360 g/mol. The number of benzene rings is 3. The lowest BCUT2D eigenvalue weighted by Crippen LogP contribution is -2.26. The van der Waals surface area contributed by atoms with Crippen LogP contribution in [0, 0.1) is 0 Å². The molecule has 0 atom stereocenters. The van der Waals surface area contributed by atoms with Gasteiger partial charge in [-0.1, -0.05) is 36.4 Å². The first-order chi connectivity index (χ1) is 14.3. The second-order valence-corrected chi connectivity index (χ2v) is 7.23. The van der Waals surface area contributed by atoms with E-state index >= 15 is 0 Å². The van der Waals surface area contributed by atoms with E-state index in [9.17, 15) is 4.79 Å². The van der Waals surface area contributed by atoms with Crippen molar-refractivity contribution in [3.05, 3.63) is 90.5 Å². The van der Waals surface area contributed by atoms with Crippen LogP contribution in [-0.4, -0.2) is 37.0 Å². The topological polar surface area (TPSA) is 32.8 Å². The number of para-hydroxylation sites is 1. The molecule has 1 aliphatic heterocycles. The van der Waals surface area contributed by atoms with Gasteiger partial charge in [0, 0.05) is 23.5 Å². The smallest absolute Gasteiger partial charge is 0.262 e. The largest absolute Gasteiger partial charge is 0.492 e. The van der Waals surface area contributed by atoms with Crippen LogP contribution in [0.1, 0.15) is 23.2 Å². The molecule has 0 spiro atoms. The molecule has 3 aromatic rings. The summed E-state index contributed by atoms with van der Waals surface area (Å²) in [4.78, 5) is 17.4. The molecule has 1 aliphatic rings. The summed E-state index contributed by atoms with van der Waals surface area (Å²) >= 11 is 0. The maximum atomic E-state index is 13.2. The number of carbonyl (C=O) groups excluding carboxylic acids is 1. The summed E-state index contributed by atoms with van der Waals surface area (Å²) in [5.41, 5.74) is 2.31. The Morgan fingerprint density at radius 2 is 1.38 bits per heavy atom. The molecule has 4 rings (SSSR count). The van der Waals surface area contributed by atoms with Gasteiger partial charge in [0.05, 0.1) is 0 Å². The number of carbonyl (C=O) groups is 1. The lowest BCUT2D eigenvalue weighted by molar-refractivity contribution is 0.0999. The molecule has 1 fully saturated rings. The van der Waals surface area contributed by atoms with Gasteiger partial charge in [-0.3, -0.25) is 14.6 Å². The molecule has 148 valence electrons. The zero-order chi connectivity index (χ0) is 19.9. The van der Waals surface area contributed by atoms with Gasteiger partial charge >= 0.3 is 0 Å². The number of likely N-dealkylation sites (tertiary alicyclic amines) is 1. The van der Waals surface area contributed by atoms with E-state index in [1.807, 2.05) is 84.9 Å². The van der Waals surface area contributed by atoms with Gasteiger partial charge in [-0.2, -0.15) is 0 Å². The first-order valence-electron chi connectivity index (χ1n) is 10.2. The molecule has 3 aromatic carbocycles. The summed E-state index contributed by atoms with van der Waals surface area (Å²) in [5.74, 6) is 0.771. The van der Waals surface area contributed by atoms with Crippen molar-refractivity contribution >= 4 is 17.3 Å². The number of amides is 1. The van der Waals surface area contributed by atoms with Gasteiger partial charge in [-0.15, -0.1) is 0 Å². The van der Waals surface area contributed by atoms with Gasteiger partial charge in [0.2, 0.25) is 0 Å². The highest BCUT2D eigenvalue weighted by molar-refractivity contribution is 6.10. The predicted molar refractivity (Wildman–Crippen MR) is 117 cm³/mol. The number of rotatable bonds is 7. The molecule has 0 radical (unpaired) electrons. The fourth-order valence-electron chi connectivity index (χ4n) is 3.66. The van der Waals surface area contributed by atoms with Crippen molar-refractivity contribution in [2.45, 2.75) is 12.8 Å². The number of hydrogen-bond donors (Lipinski definition) is 0. The molecule has 0 aromatic heterocycles. The normalized spacial score (nSPS) is 13.9. The quantitative estimate of drug-likeness (QED) is 0.564. The Labute approximate surface area is 172 Å². The van der Waals surface area contributed by atoms with E-state index in [2.05, 4.69) is 4.90 Å². The summed E-state index contributed by atoms with van der Waals surface area (Å²) in [7, 11) is 0. The molecule has 0 saturated carbocycles. The van der Waals surface area contributed by atoms with Crippen molar-refractivity contribution in [2.75, 3.05) is 31.1 Å². The SMILES string of the molecule is O=C(c1ccccc1)N(c1ccccc1)c1ccc(OCCN2CCCC2)cc1.